The molecule has 1 atom stereocenters. The van der Waals surface area contributed by atoms with Crippen LogP contribution in [0.15, 0.2) is 24.5 Å². The van der Waals surface area contributed by atoms with Gasteiger partial charge in [-0.15, -0.1) is 0 Å². The van der Waals surface area contributed by atoms with Gasteiger partial charge in [0.05, 0.1) is 0 Å². The number of nitrogens with one attached hydrogen (secondary N) is 2. The lowest BCUT2D eigenvalue weighted by molar-refractivity contribution is -0.123. The number of rotatable bonds is 4. The van der Waals surface area contributed by atoms with Gasteiger partial charge in [0.25, 0.3) is 0 Å². The molecule has 1 saturated heterocycles. The fraction of sp³-hybridized carbons (Fsp3) is 0.600. The van der Waals surface area contributed by atoms with Gasteiger partial charge in [0.2, 0.25) is 5.91 Å². The summed E-state index contributed by atoms with van der Waals surface area (Å²) in [5.74, 6) is 0.522. The van der Waals surface area contributed by atoms with Gasteiger partial charge in [-0.2, -0.15) is 0 Å². The van der Waals surface area contributed by atoms with Gasteiger partial charge >= 0.3 is 0 Å². The molecule has 1 aromatic rings. The van der Waals surface area contributed by atoms with Gasteiger partial charge in [0.1, 0.15) is 0 Å². The first-order chi connectivity index (χ1) is 9.30. The monoisotopic (exact) mass is 259 g/mol. The third-order valence-corrected chi connectivity index (χ3v) is 4.54. The van der Waals surface area contributed by atoms with Crippen molar-refractivity contribution in [2.75, 3.05) is 19.6 Å². The van der Waals surface area contributed by atoms with E-state index in [0.29, 0.717) is 5.41 Å². The Morgan fingerprint density at radius 1 is 1.47 bits per heavy atom. The minimum Gasteiger partial charge on any atom is -0.356 e. The molecule has 2 heterocycles. The number of amides is 1. The molecule has 0 aromatic carbocycles. The zero-order chi connectivity index (χ0) is 13.1. The standard InChI is InChI=1S/C15H21N3O/c19-14(13-10-15(13)4-8-16-9-5-15)18-7-3-12-2-1-6-17-11-12/h1-2,6,11,13,16H,3-5,7-10H2,(H,18,19). The van der Waals surface area contributed by atoms with E-state index in [1.165, 1.54) is 5.56 Å². The van der Waals surface area contributed by atoms with Crippen LogP contribution in [0.3, 0.4) is 0 Å². The molecule has 4 nitrogen and oxygen atoms in total. The summed E-state index contributed by atoms with van der Waals surface area (Å²) in [7, 11) is 0. The van der Waals surface area contributed by atoms with Crippen LogP contribution in [0.2, 0.25) is 0 Å². The third-order valence-electron chi connectivity index (χ3n) is 4.54. The summed E-state index contributed by atoms with van der Waals surface area (Å²) in [6, 6.07) is 3.98. The summed E-state index contributed by atoms with van der Waals surface area (Å²) in [4.78, 5) is 16.2. The Balaban J connectivity index is 1.43. The lowest BCUT2D eigenvalue weighted by Crippen LogP contribution is -2.34. The highest BCUT2D eigenvalue weighted by molar-refractivity contribution is 5.82. The van der Waals surface area contributed by atoms with Crippen molar-refractivity contribution in [1.82, 2.24) is 15.6 Å². The SMILES string of the molecule is O=C(NCCc1cccnc1)C1CC12CCNCC2. The van der Waals surface area contributed by atoms with E-state index in [9.17, 15) is 4.79 Å². The summed E-state index contributed by atoms with van der Waals surface area (Å²) < 4.78 is 0. The highest BCUT2D eigenvalue weighted by Gasteiger charge is 2.57. The number of carbonyl (C=O) groups is 1. The number of nitrogens with zero attached hydrogens (tertiary/aromatic N) is 1. The molecule has 1 aliphatic heterocycles. The molecule has 2 N–H and O–H groups in total. The molecular weight excluding hydrogens is 238 g/mol. The Morgan fingerprint density at radius 2 is 2.32 bits per heavy atom. The fourth-order valence-electron chi connectivity index (χ4n) is 3.19. The first kappa shape index (κ1) is 12.6. The number of pyridine rings is 1. The van der Waals surface area contributed by atoms with Gasteiger partial charge in [-0.05, 0) is 55.8 Å². The highest BCUT2D eigenvalue weighted by atomic mass is 16.2. The van der Waals surface area contributed by atoms with Gasteiger partial charge in [0.15, 0.2) is 0 Å². The number of aromatic nitrogens is 1. The smallest absolute Gasteiger partial charge is 0.223 e. The van der Waals surface area contributed by atoms with Crippen molar-refractivity contribution in [2.24, 2.45) is 11.3 Å². The second-order valence-electron chi connectivity index (χ2n) is 5.77. The Kier molecular flexibility index (Phi) is 3.51. The number of hydrogen-bond acceptors (Lipinski definition) is 3. The molecule has 1 aromatic heterocycles. The minimum atomic E-state index is 0.255. The van der Waals surface area contributed by atoms with Crippen LogP contribution in [0, 0.1) is 11.3 Å². The Bertz CT molecular complexity index is 440. The third kappa shape index (κ3) is 2.78. The second-order valence-corrected chi connectivity index (χ2v) is 5.77. The molecule has 1 aliphatic carbocycles. The molecule has 1 amide bonds. The lowest BCUT2D eigenvalue weighted by atomic mass is 9.92. The summed E-state index contributed by atoms with van der Waals surface area (Å²) in [5, 5.41) is 6.44. The maximum atomic E-state index is 12.1. The summed E-state index contributed by atoms with van der Waals surface area (Å²) in [6.45, 7) is 2.86. The van der Waals surface area contributed by atoms with Gasteiger partial charge in [-0.25, -0.2) is 0 Å². The zero-order valence-corrected chi connectivity index (χ0v) is 11.2. The van der Waals surface area contributed by atoms with E-state index in [1.54, 1.807) is 6.20 Å². The maximum absolute atomic E-state index is 12.1. The van der Waals surface area contributed by atoms with E-state index in [0.717, 1.165) is 45.3 Å². The lowest BCUT2D eigenvalue weighted by Gasteiger charge is -2.23. The van der Waals surface area contributed by atoms with Gasteiger partial charge < -0.3 is 10.6 Å². The Morgan fingerprint density at radius 3 is 3.05 bits per heavy atom. The van der Waals surface area contributed by atoms with Crippen molar-refractivity contribution in [3.8, 4) is 0 Å². The second kappa shape index (κ2) is 5.29. The van der Waals surface area contributed by atoms with Crippen LogP contribution in [0.5, 0.6) is 0 Å². The first-order valence-corrected chi connectivity index (χ1v) is 7.18. The largest absolute Gasteiger partial charge is 0.356 e. The van der Waals surface area contributed by atoms with Crippen molar-refractivity contribution in [3.05, 3.63) is 30.1 Å². The van der Waals surface area contributed by atoms with E-state index in [1.807, 2.05) is 18.3 Å². The van der Waals surface area contributed by atoms with Crippen LogP contribution < -0.4 is 10.6 Å². The molecule has 2 aliphatic rings. The topological polar surface area (TPSA) is 54.0 Å². The van der Waals surface area contributed by atoms with E-state index < -0.39 is 0 Å². The predicted molar refractivity (Wildman–Crippen MR) is 73.6 cm³/mol. The van der Waals surface area contributed by atoms with Crippen LogP contribution in [-0.2, 0) is 11.2 Å². The Hall–Kier alpha value is -1.42. The molecule has 0 bridgehead atoms. The van der Waals surface area contributed by atoms with Crippen molar-refractivity contribution >= 4 is 5.91 Å². The van der Waals surface area contributed by atoms with Crippen LogP contribution in [0.4, 0.5) is 0 Å². The van der Waals surface area contributed by atoms with Crippen molar-refractivity contribution < 1.29 is 4.79 Å². The summed E-state index contributed by atoms with van der Waals surface area (Å²) >= 11 is 0. The van der Waals surface area contributed by atoms with E-state index in [-0.39, 0.29) is 11.8 Å². The van der Waals surface area contributed by atoms with Crippen LogP contribution >= 0.6 is 0 Å². The first-order valence-electron chi connectivity index (χ1n) is 7.18. The molecule has 2 fully saturated rings. The van der Waals surface area contributed by atoms with E-state index >= 15 is 0 Å². The molecule has 102 valence electrons. The van der Waals surface area contributed by atoms with Crippen molar-refractivity contribution in [1.29, 1.82) is 0 Å². The van der Waals surface area contributed by atoms with Crippen LogP contribution in [0.1, 0.15) is 24.8 Å². The molecule has 1 saturated carbocycles. The molecule has 3 rings (SSSR count). The molecule has 19 heavy (non-hydrogen) atoms. The number of carbonyl (C=O) groups excluding carboxylic acids is 1. The predicted octanol–water partition coefficient (Wildman–Crippen LogP) is 1.13. The van der Waals surface area contributed by atoms with E-state index in [4.69, 9.17) is 0 Å². The molecule has 4 heteroatoms. The molecular formula is C15H21N3O. The summed E-state index contributed by atoms with van der Waals surface area (Å²) in [6.07, 6.45) is 7.90. The normalized spacial score (nSPS) is 24.1. The minimum absolute atomic E-state index is 0.255. The van der Waals surface area contributed by atoms with Crippen molar-refractivity contribution in [2.45, 2.75) is 25.7 Å². The molecule has 1 unspecified atom stereocenters. The maximum Gasteiger partial charge on any atom is 0.223 e. The van der Waals surface area contributed by atoms with Gasteiger partial charge in [0, 0.05) is 24.9 Å². The average Bonchev–Trinajstić information content (AvgIpc) is 3.14. The highest BCUT2D eigenvalue weighted by Crippen LogP contribution is 2.58. The Labute approximate surface area is 114 Å². The van der Waals surface area contributed by atoms with Crippen molar-refractivity contribution in [3.63, 3.8) is 0 Å². The summed E-state index contributed by atoms with van der Waals surface area (Å²) in [5.41, 5.74) is 1.51. The quantitative estimate of drug-likeness (QED) is 0.852. The zero-order valence-electron chi connectivity index (χ0n) is 11.2. The van der Waals surface area contributed by atoms with Crippen LogP contribution in [-0.4, -0.2) is 30.5 Å². The number of hydrogen-bond donors (Lipinski definition) is 2. The molecule has 1 spiro atoms. The van der Waals surface area contributed by atoms with E-state index in [2.05, 4.69) is 15.6 Å². The molecule has 0 radical (unpaired) electrons. The van der Waals surface area contributed by atoms with Gasteiger partial charge in [-0.3, -0.25) is 9.78 Å². The van der Waals surface area contributed by atoms with Gasteiger partial charge in [-0.1, -0.05) is 6.07 Å². The average molecular weight is 259 g/mol. The number of piperidine rings is 1. The van der Waals surface area contributed by atoms with Crippen LogP contribution in [0.25, 0.3) is 0 Å². The fourth-order valence-corrected chi connectivity index (χ4v) is 3.19.